The van der Waals surface area contributed by atoms with E-state index in [1.807, 2.05) is 20.8 Å². The maximum atomic E-state index is 12.5. The fourth-order valence-corrected chi connectivity index (χ4v) is 5.75. The van der Waals surface area contributed by atoms with Crippen LogP contribution in [0.4, 0.5) is 0 Å². The average Bonchev–Trinajstić information content (AvgIpc) is 3.41. The van der Waals surface area contributed by atoms with Crippen molar-refractivity contribution in [2.45, 2.75) is 91.3 Å². The van der Waals surface area contributed by atoms with Gasteiger partial charge in [0, 0.05) is 23.9 Å². The van der Waals surface area contributed by atoms with E-state index in [1.54, 1.807) is 0 Å². The van der Waals surface area contributed by atoms with E-state index in [0.29, 0.717) is 0 Å². The van der Waals surface area contributed by atoms with Crippen LogP contribution in [0, 0.1) is 35.0 Å². The van der Waals surface area contributed by atoms with Gasteiger partial charge < -0.3 is 15.7 Å². The van der Waals surface area contributed by atoms with Gasteiger partial charge in [-0.1, -0.05) is 20.8 Å². The van der Waals surface area contributed by atoms with Crippen molar-refractivity contribution in [3.8, 4) is 0 Å². The first-order valence-corrected chi connectivity index (χ1v) is 10.9. The fraction of sp³-hybridized carbons (Fsp3) is 0.909. The third-order valence-corrected chi connectivity index (χ3v) is 7.65. The number of aliphatic hydroxyl groups excluding tert-OH is 1. The highest BCUT2D eigenvalue weighted by Crippen LogP contribution is 2.55. The van der Waals surface area contributed by atoms with Crippen LogP contribution >= 0.6 is 0 Å². The Kier molecular flexibility index (Phi) is 5.90. The standard InChI is InChI=1S/C22H38N2O3/c1-12(2)23-20(26)13(3)16-8-10-22(5)11-9-17(14(4)18(22)19(16)25)24-21(27)15-6-7-15/h12-19,25H,6-11H2,1-5H3,(H,23,26)(H,24,27)/t13-,14+,16+,17-,18+,19-,22-/m0/s1. The largest absolute Gasteiger partial charge is 0.392 e. The first kappa shape index (κ1) is 20.6. The van der Waals surface area contributed by atoms with Crippen molar-refractivity contribution in [2.75, 3.05) is 0 Å². The van der Waals surface area contributed by atoms with Crippen LogP contribution in [0.3, 0.4) is 0 Å². The Balaban J connectivity index is 1.72. The van der Waals surface area contributed by atoms with E-state index in [4.69, 9.17) is 0 Å². The van der Waals surface area contributed by atoms with E-state index in [1.165, 1.54) is 0 Å². The van der Waals surface area contributed by atoms with Crippen LogP contribution in [0.15, 0.2) is 0 Å². The van der Waals surface area contributed by atoms with Gasteiger partial charge in [-0.3, -0.25) is 9.59 Å². The molecule has 27 heavy (non-hydrogen) atoms. The molecule has 3 rings (SSSR count). The first-order chi connectivity index (χ1) is 12.6. The number of nitrogens with one attached hydrogen (secondary N) is 2. The highest BCUT2D eigenvalue weighted by Gasteiger charge is 2.54. The quantitative estimate of drug-likeness (QED) is 0.688. The van der Waals surface area contributed by atoms with E-state index in [0.717, 1.165) is 38.5 Å². The number of hydrogen-bond acceptors (Lipinski definition) is 3. The molecule has 7 atom stereocenters. The topological polar surface area (TPSA) is 78.4 Å². The zero-order chi connectivity index (χ0) is 19.9. The summed E-state index contributed by atoms with van der Waals surface area (Å²) in [6.45, 7) is 10.4. The van der Waals surface area contributed by atoms with Crippen molar-refractivity contribution in [1.82, 2.24) is 10.6 Å². The molecule has 0 radical (unpaired) electrons. The highest BCUT2D eigenvalue weighted by molar-refractivity contribution is 5.81. The summed E-state index contributed by atoms with van der Waals surface area (Å²) in [5.41, 5.74) is 0.102. The van der Waals surface area contributed by atoms with E-state index in [-0.39, 0.29) is 58.9 Å². The summed E-state index contributed by atoms with van der Waals surface area (Å²) in [5.74, 6) is 0.604. The van der Waals surface area contributed by atoms with Crippen LogP contribution in [-0.2, 0) is 9.59 Å². The van der Waals surface area contributed by atoms with Crippen molar-refractivity contribution in [1.29, 1.82) is 0 Å². The number of fused-ring (bicyclic) bond motifs is 1. The molecule has 5 nitrogen and oxygen atoms in total. The molecule has 3 fully saturated rings. The van der Waals surface area contributed by atoms with Crippen LogP contribution in [-0.4, -0.2) is 35.1 Å². The van der Waals surface area contributed by atoms with Gasteiger partial charge in [-0.25, -0.2) is 0 Å². The van der Waals surface area contributed by atoms with Gasteiger partial charge in [0.2, 0.25) is 11.8 Å². The molecule has 2 amide bonds. The van der Waals surface area contributed by atoms with Gasteiger partial charge in [0.15, 0.2) is 0 Å². The Bertz CT molecular complexity index is 574. The molecule has 3 aliphatic rings. The summed E-state index contributed by atoms with van der Waals surface area (Å²) in [6.07, 6.45) is 5.51. The SMILES string of the molecule is CC(C)NC(=O)[C@@H](C)[C@H]1CC[C@@]2(C)CC[C@H](NC(=O)C3CC3)[C@@H](C)[C@@H]2[C@H]1O. The molecule has 5 heteroatoms. The smallest absolute Gasteiger partial charge is 0.223 e. The monoisotopic (exact) mass is 378 g/mol. The molecule has 0 aromatic rings. The molecule has 0 aliphatic heterocycles. The number of aliphatic hydroxyl groups is 1. The van der Waals surface area contributed by atoms with Gasteiger partial charge in [0.25, 0.3) is 0 Å². The van der Waals surface area contributed by atoms with Gasteiger partial charge in [-0.2, -0.15) is 0 Å². The Hall–Kier alpha value is -1.10. The second-order valence-corrected chi connectivity index (χ2v) is 10.1. The van der Waals surface area contributed by atoms with E-state index in [9.17, 15) is 14.7 Å². The van der Waals surface area contributed by atoms with Gasteiger partial charge >= 0.3 is 0 Å². The molecular weight excluding hydrogens is 340 g/mol. The fourth-order valence-electron chi connectivity index (χ4n) is 5.75. The average molecular weight is 379 g/mol. The van der Waals surface area contributed by atoms with Crippen molar-refractivity contribution < 1.29 is 14.7 Å². The Labute approximate surface area is 164 Å². The number of carbonyl (C=O) groups is 2. The molecule has 3 saturated carbocycles. The lowest BCUT2D eigenvalue weighted by Crippen LogP contribution is -2.58. The predicted octanol–water partition coefficient (Wildman–Crippen LogP) is 2.87. The number of carbonyl (C=O) groups excluding carboxylic acids is 2. The number of hydrogen-bond donors (Lipinski definition) is 3. The normalized spacial score (nSPS) is 40.2. The lowest BCUT2D eigenvalue weighted by molar-refractivity contribution is -0.144. The van der Waals surface area contributed by atoms with E-state index >= 15 is 0 Å². The van der Waals surface area contributed by atoms with Gasteiger partial charge in [0.05, 0.1) is 6.10 Å². The molecule has 0 aromatic carbocycles. The summed E-state index contributed by atoms with van der Waals surface area (Å²) in [4.78, 5) is 24.8. The molecule has 154 valence electrons. The van der Waals surface area contributed by atoms with E-state index < -0.39 is 6.10 Å². The Morgan fingerprint density at radius 2 is 1.70 bits per heavy atom. The van der Waals surface area contributed by atoms with E-state index in [2.05, 4.69) is 24.5 Å². The lowest BCUT2D eigenvalue weighted by atomic mass is 9.51. The zero-order valence-electron chi connectivity index (χ0n) is 17.6. The summed E-state index contributed by atoms with van der Waals surface area (Å²) in [5, 5.41) is 17.6. The molecule has 0 aromatic heterocycles. The summed E-state index contributed by atoms with van der Waals surface area (Å²) >= 11 is 0. The predicted molar refractivity (Wildman–Crippen MR) is 106 cm³/mol. The maximum absolute atomic E-state index is 12.5. The third kappa shape index (κ3) is 4.18. The Morgan fingerprint density at radius 3 is 2.30 bits per heavy atom. The molecule has 0 saturated heterocycles. The van der Waals surface area contributed by atoms with Crippen LogP contribution in [0.1, 0.15) is 73.1 Å². The highest BCUT2D eigenvalue weighted by atomic mass is 16.3. The molecule has 0 spiro atoms. The van der Waals surface area contributed by atoms with Gasteiger partial charge in [0.1, 0.15) is 0 Å². The van der Waals surface area contributed by atoms with Gasteiger partial charge in [-0.15, -0.1) is 0 Å². The van der Waals surface area contributed by atoms with Gasteiger partial charge in [-0.05, 0) is 75.5 Å². The van der Waals surface area contributed by atoms with Crippen molar-refractivity contribution in [3.63, 3.8) is 0 Å². The maximum Gasteiger partial charge on any atom is 0.223 e. The van der Waals surface area contributed by atoms with Crippen LogP contribution in [0.5, 0.6) is 0 Å². The molecule has 0 bridgehead atoms. The summed E-state index contributed by atoms with van der Waals surface area (Å²) < 4.78 is 0. The third-order valence-electron chi connectivity index (χ3n) is 7.65. The molecule has 0 unspecified atom stereocenters. The van der Waals surface area contributed by atoms with Crippen molar-refractivity contribution in [2.24, 2.45) is 35.0 Å². The van der Waals surface area contributed by atoms with Crippen molar-refractivity contribution in [3.05, 3.63) is 0 Å². The molecule has 3 N–H and O–H groups in total. The van der Waals surface area contributed by atoms with Crippen molar-refractivity contribution >= 4 is 11.8 Å². The summed E-state index contributed by atoms with van der Waals surface area (Å²) in [7, 11) is 0. The first-order valence-electron chi connectivity index (χ1n) is 10.9. The number of amides is 2. The van der Waals surface area contributed by atoms with Crippen LogP contribution < -0.4 is 10.6 Å². The second-order valence-electron chi connectivity index (χ2n) is 10.1. The summed E-state index contributed by atoms with van der Waals surface area (Å²) in [6, 6.07) is 0.256. The molecular formula is C22H38N2O3. The second kappa shape index (κ2) is 7.73. The molecule has 0 heterocycles. The van der Waals surface area contributed by atoms with Crippen LogP contribution in [0.2, 0.25) is 0 Å². The molecule has 3 aliphatic carbocycles. The lowest BCUT2D eigenvalue weighted by Gasteiger charge is -2.56. The minimum Gasteiger partial charge on any atom is -0.392 e. The zero-order valence-corrected chi connectivity index (χ0v) is 17.6. The Morgan fingerprint density at radius 1 is 1.07 bits per heavy atom. The van der Waals surface area contributed by atoms with Crippen LogP contribution in [0.25, 0.3) is 0 Å². The number of rotatable bonds is 5. The minimum absolute atomic E-state index is 0.0119. The minimum atomic E-state index is -0.493.